The van der Waals surface area contributed by atoms with Crippen LogP contribution in [0.25, 0.3) is 11.3 Å². The lowest BCUT2D eigenvalue weighted by molar-refractivity contribution is -0.150. The Morgan fingerprint density at radius 3 is 2.85 bits per heavy atom. The van der Waals surface area contributed by atoms with Gasteiger partial charge in [-0.1, -0.05) is 5.16 Å². The third kappa shape index (κ3) is 3.30. The van der Waals surface area contributed by atoms with Gasteiger partial charge < -0.3 is 20.3 Å². The first-order valence-corrected chi connectivity index (χ1v) is 7.98. The number of benzene rings is 1. The van der Waals surface area contributed by atoms with E-state index < -0.39 is 35.0 Å². The molecule has 1 aromatic heterocycles. The Balaban J connectivity index is 1.79. The molecule has 138 valence electrons. The van der Waals surface area contributed by atoms with Crippen molar-refractivity contribution < 1.29 is 28.0 Å². The molecule has 1 amide bonds. The van der Waals surface area contributed by atoms with Gasteiger partial charge in [-0.2, -0.15) is 0 Å². The molecule has 1 aromatic carbocycles. The second kappa shape index (κ2) is 6.83. The number of aliphatic carboxylic acids is 1. The zero-order valence-corrected chi connectivity index (χ0v) is 13.9. The Labute approximate surface area is 147 Å². The number of carbonyl (C=O) groups excluding carboxylic acids is 1. The second-order valence-corrected chi connectivity index (χ2v) is 6.41. The SMILES string of the molecule is CC1(C(=O)O)CNCCC1NC(=O)c1cc(-c2ccc(F)cc2F)on1. The molecule has 0 radical (unpaired) electrons. The van der Waals surface area contributed by atoms with Gasteiger partial charge in [-0.05, 0) is 32.0 Å². The van der Waals surface area contributed by atoms with Crippen molar-refractivity contribution in [3.05, 3.63) is 41.6 Å². The first-order chi connectivity index (χ1) is 12.3. The fourth-order valence-corrected chi connectivity index (χ4v) is 2.92. The van der Waals surface area contributed by atoms with E-state index in [0.29, 0.717) is 19.0 Å². The summed E-state index contributed by atoms with van der Waals surface area (Å²) in [7, 11) is 0. The highest BCUT2D eigenvalue weighted by Gasteiger charge is 2.44. The topological polar surface area (TPSA) is 104 Å². The van der Waals surface area contributed by atoms with Crippen molar-refractivity contribution in [3.63, 3.8) is 0 Å². The first kappa shape index (κ1) is 18.0. The van der Waals surface area contributed by atoms with Gasteiger partial charge in [-0.25, -0.2) is 8.78 Å². The summed E-state index contributed by atoms with van der Waals surface area (Å²) in [6.45, 7) is 2.34. The summed E-state index contributed by atoms with van der Waals surface area (Å²) < 4.78 is 31.8. The van der Waals surface area contributed by atoms with E-state index in [0.717, 1.165) is 6.07 Å². The van der Waals surface area contributed by atoms with Crippen LogP contribution in [0, 0.1) is 17.0 Å². The van der Waals surface area contributed by atoms with Gasteiger partial charge in [-0.15, -0.1) is 0 Å². The number of nitrogens with zero attached hydrogens (tertiary/aromatic N) is 1. The van der Waals surface area contributed by atoms with Crippen LogP contribution in [0.4, 0.5) is 8.78 Å². The number of carboxylic acids is 1. The predicted octanol–water partition coefficient (Wildman–Crippen LogP) is 1.80. The fourth-order valence-electron chi connectivity index (χ4n) is 2.92. The van der Waals surface area contributed by atoms with Crippen LogP contribution in [-0.4, -0.2) is 41.3 Å². The highest BCUT2D eigenvalue weighted by Crippen LogP contribution is 2.28. The number of carbonyl (C=O) groups is 2. The zero-order chi connectivity index (χ0) is 18.9. The molecular weight excluding hydrogens is 348 g/mol. The summed E-state index contributed by atoms with van der Waals surface area (Å²) in [6, 6.07) is 3.57. The highest BCUT2D eigenvalue weighted by molar-refractivity contribution is 5.93. The number of hydrogen-bond acceptors (Lipinski definition) is 5. The number of amides is 1. The van der Waals surface area contributed by atoms with Crippen LogP contribution in [0.1, 0.15) is 23.8 Å². The molecule has 0 bridgehead atoms. The minimum Gasteiger partial charge on any atom is -0.481 e. The van der Waals surface area contributed by atoms with E-state index in [1.165, 1.54) is 12.1 Å². The number of piperidine rings is 1. The number of hydrogen-bond donors (Lipinski definition) is 3. The van der Waals surface area contributed by atoms with E-state index in [1.54, 1.807) is 6.92 Å². The minimum absolute atomic E-state index is 0.0287. The Morgan fingerprint density at radius 2 is 2.15 bits per heavy atom. The van der Waals surface area contributed by atoms with Crippen LogP contribution in [0.3, 0.4) is 0 Å². The third-order valence-corrected chi connectivity index (χ3v) is 4.60. The molecule has 2 atom stereocenters. The van der Waals surface area contributed by atoms with Crippen LogP contribution < -0.4 is 10.6 Å². The van der Waals surface area contributed by atoms with Gasteiger partial charge in [0.1, 0.15) is 11.6 Å². The molecule has 9 heteroatoms. The number of carboxylic acid groups (broad SMARTS) is 1. The summed E-state index contributed by atoms with van der Waals surface area (Å²) in [6.07, 6.45) is 0.436. The number of nitrogens with one attached hydrogen (secondary N) is 2. The maximum absolute atomic E-state index is 13.8. The number of aromatic nitrogens is 1. The van der Waals surface area contributed by atoms with Crippen LogP contribution in [0.15, 0.2) is 28.8 Å². The summed E-state index contributed by atoms with van der Waals surface area (Å²) in [4.78, 5) is 24.0. The molecule has 26 heavy (non-hydrogen) atoms. The molecule has 3 rings (SSSR count). The zero-order valence-electron chi connectivity index (χ0n) is 13.9. The number of rotatable bonds is 4. The number of halogens is 2. The van der Waals surface area contributed by atoms with E-state index in [1.807, 2.05) is 0 Å². The summed E-state index contributed by atoms with van der Waals surface area (Å²) >= 11 is 0. The molecule has 1 saturated heterocycles. The largest absolute Gasteiger partial charge is 0.481 e. The Morgan fingerprint density at radius 1 is 1.38 bits per heavy atom. The van der Waals surface area contributed by atoms with Gasteiger partial charge in [0.05, 0.1) is 11.0 Å². The quantitative estimate of drug-likeness (QED) is 0.763. The second-order valence-electron chi connectivity index (χ2n) is 6.41. The molecule has 0 spiro atoms. The van der Waals surface area contributed by atoms with Crippen molar-refractivity contribution in [2.75, 3.05) is 13.1 Å². The van der Waals surface area contributed by atoms with Crippen molar-refractivity contribution in [3.8, 4) is 11.3 Å². The van der Waals surface area contributed by atoms with Gasteiger partial charge in [0.15, 0.2) is 11.5 Å². The molecule has 0 saturated carbocycles. The standard InChI is InChI=1S/C17H17F2N3O4/c1-17(16(24)25)8-20-5-4-14(17)21-15(23)12-7-13(26-22-12)10-3-2-9(18)6-11(10)19/h2-3,6-7,14,20H,4-5,8H2,1H3,(H,21,23)(H,24,25). The van der Waals surface area contributed by atoms with Crippen molar-refractivity contribution in [1.82, 2.24) is 15.8 Å². The molecule has 2 heterocycles. The van der Waals surface area contributed by atoms with E-state index in [9.17, 15) is 23.5 Å². The molecule has 7 nitrogen and oxygen atoms in total. The maximum atomic E-state index is 13.8. The van der Waals surface area contributed by atoms with Gasteiger partial charge >= 0.3 is 5.97 Å². The van der Waals surface area contributed by atoms with Gasteiger partial charge in [0.2, 0.25) is 0 Å². The predicted molar refractivity (Wildman–Crippen MR) is 86.3 cm³/mol. The Bertz CT molecular complexity index is 854. The Kier molecular flexibility index (Phi) is 4.73. The van der Waals surface area contributed by atoms with Gasteiger partial charge in [0, 0.05) is 24.7 Å². The van der Waals surface area contributed by atoms with Crippen molar-refractivity contribution in [1.29, 1.82) is 0 Å². The van der Waals surface area contributed by atoms with Crippen LogP contribution >= 0.6 is 0 Å². The van der Waals surface area contributed by atoms with Crippen molar-refractivity contribution >= 4 is 11.9 Å². The molecule has 2 unspecified atom stereocenters. The maximum Gasteiger partial charge on any atom is 0.312 e. The van der Waals surface area contributed by atoms with Gasteiger partial charge in [-0.3, -0.25) is 9.59 Å². The summed E-state index contributed by atoms with van der Waals surface area (Å²) in [5.74, 6) is -3.25. The fraction of sp³-hybridized carbons (Fsp3) is 0.353. The molecule has 1 fully saturated rings. The first-order valence-electron chi connectivity index (χ1n) is 7.98. The normalized spacial score (nSPS) is 22.8. The smallest absolute Gasteiger partial charge is 0.312 e. The van der Waals surface area contributed by atoms with E-state index >= 15 is 0 Å². The summed E-state index contributed by atoms with van der Waals surface area (Å²) in [5.41, 5.74) is -1.31. The van der Waals surface area contributed by atoms with E-state index in [-0.39, 0.29) is 23.6 Å². The average Bonchev–Trinajstić information content (AvgIpc) is 3.06. The van der Waals surface area contributed by atoms with Gasteiger partial charge in [0.25, 0.3) is 5.91 Å². The molecule has 2 aromatic rings. The van der Waals surface area contributed by atoms with Crippen LogP contribution in [-0.2, 0) is 4.79 Å². The molecular formula is C17H17F2N3O4. The lowest BCUT2D eigenvalue weighted by atomic mass is 9.78. The van der Waals surface area contributed by atoms with Crippen molar-refractivity contribution in [2.45, 2.75) is 19.4 Å². The Hall–Kier alpha value is -2.81. The molecule has 3 N–H and O–H groups in total. The lowest BCUT2D eigenvalue weighted by Gasteiger charge is -2.38. The third-order valence-electron chi connectivity index (χ3n) is 4.60. The van der Waals surface area contributed by atoms with Crippen LogP contribution in [0.2, 0.25) is 0 Å². The summed E-state index contributed by atoms with van der Waals surface area (Å²) in [5, 5.41) is 18.7. The minimum atomic E-state index is -1.16. The highest BCUT2D eigenvalue weighted by atomic mass is 19.1. The molecule has 0 aliphatic carbocycles. The molecule has 1 aliphatic rings. The monoisotopic (exact) mass is 365 g/mol. The average molecular weight is 365 g/mol. The molecule has 1 aliphatic heterocycles. The van der Waals surface area contributed by atoms with E-state index in [2.05, 4.69) is 15.8 Å². The lowest BCUT2D eigenvalue weighted by Crippen LogP contribution is -2.59. The van der Waals surface area contributed by atoms with Crippen molar-refractivity contribution in [2.24, 2.45) is 5.41 Å². The van der Waals surface area contributed by atoms with Crippen LogP contribution in [0.5, 0.6) is 0 Å². The van der Waals surface area contributed by atoms with E-state index in [4.69, 9.17) is 4.52 Å².